The lowest BCUT2D eigenvalue weighted by Crippen LogP contribution is -2.39. The Morgan fingerprint density at radius 3 is 3.15 bits per heavy atom. The van der Waals surface area contributed by atoms with Crippen LogP contribution in [0.3, 0.4) is 0 Å². The first-order chi connectivity index (χ1) is 9.63. The summed E-state index contributed by atoms with van der Waals surface area (Å²) in [5.74, 6) is -0.0868. The number of aryl methyl sites for hydroxylation is 2. The van der Waals surface area contributed by atoms with E-state index in [9.17, 15) is 9.59 Å². The standard InChI is InChI=1S/C13H14N4O2S/c1-7-12(20-6-14-7)13(19)15-9-2-3-10-8(4-9)5-11(18)17-16-10/h5-6,9H,2-4H2,1H3,(H,15,19)(H,17,18). The molecule has 0 saturated carbocycles. The molecule has 2 aromatic rings. The normalized spacial score (nSPS) is 17.6. The second-order valence-corrected chi connectivity index (χ2v) is 5.74. The monoisotopic (exact) mass is 290 g/mol. The van der Waals surface area contributed by atoms with Crippen molar-refractivity contribution in [3.63, 3.8) is 0 Å². The van der Waals surface area contributed by atoms with Gasteiger partial charge < -0.3 is 5.32 Å². The zero-order valence-corrected chi connectivity index (χ0v) is 11.8. The summed E-state index contributed by atoms with van der Waals surface area (Å²) in [5.41, 5.74) is 4.07. The molecule has 1 unspecified atom stereocenters. The van der Waals surface area contributed by atoms with Crippen LogP contribution in [0.25, 0.3) is 0 Å². The molecule has 0 bridgehead atoms. The van der Waals surface area contributed by atoms with Gasteiger partial charge >= 0.3 is 0 Å². The van der Waals surface area contributed by atoms with E-state index in [1.165, 1.54) is 11.3 Å². The Hall–Kier alpha value is -2.02. The molecule has 0 fully saturated rings. The Kier molecular flexibility index (Phi) is 3.35. The van der Waals surface area contributed by atoms with Gasteiger partial charge in [0.25, 0.3) is 11.5 Å². The van der Waals surface area contributed by atoms with Gasteiger partial charge in [0.1, 0.15) is 4.88 Å². The largest absolute Gasteiger partial charge is 0.348 e. The molecule has 0 aromatic carbocycles. The lowest BCUT2D eigenvalue weighted by molar-refractivity contribution is 0.0937. The minimum Gasteiger partial charge on any atom is -0.348 e. The van der Waals surface area contributed by atoms with Crippen LogP contribution in [0.4, 0.5) is 0 Å². The zero-order valence-electron chi connectivity index (χ0n) is 11.0. The number of thiazole rings is 1. The van der Waals surface area contributed by atoms with Crippen LogP contribution in [-0.4, -0.2) is 27.1 Å². The van der Waals surface area contributed by atoms with E-state index in [4.69, 9.17) is 0 Å². The van der Waals surface area contributed by atoms with Crippen LogP contribution in [-0.2, 0) is 12.8 Å². The lowest BCUT2D eigenvalue weighted by atomic mass is 9.92. The first kappa shape index (κ1) is 13.0. The molecule has 2 N–H and O–H groups in total. The second-order valence-electron chi connectivity index (χ2n) is 4.88. The quantitative estimate of drug-likeness (QED) is 0.857. The van der Waals surface area contributed by atoms with Crippen LogP contribution >= 0.6 is 11.3 Å². The van der Waals surface area contributed by atoms with Gasteiger partial charge in [0, 0.05) is 12.1 Å². The van der Waals surface area contributed by atoms with E-state index in [1.54, 1.807) is 11.6 Å². The van der Waals surface area contributed by atoms with Crippen molar-refractivity contribution in [1.29, 1.82) is 0 Å². The third-order valence-electron chi connectivity index (χ3n) is 3.46. The molecule has 1 amide bonds. The van der Waals surface area contributed by atoms with Crippen molar-refractivity contribution in [3.8, 4) is 0 Å². The van der Waals surface area contributed by atoms with Crippen LogP contribution in [0.5, 0.6) is 0 Å². The summed E-state index contributed by atoms with van der Waals surface area (Å²) in [6, 6.07) is 1.61. The highest BCUT2D eigenvalue weighted by Gasteiger charge is 2.23. The molecular weight excluding hydrogens is 276 g/mol. The summed E-state index contributed by atoms with van der Waals surface area (Å²) in [4.78, 5) is 28.2. The molecule has 6 nitrogen and oxygen atoms in total. The van der Waals surface area contributed by atoms with Gasteiger partial charge in [0.05, 0.1) is 16.9 Å². The molecular formula is C13H14N4O2S. The third kappa shape index (κ3) is 2.49. The van der Waals surface area contributed by atoms with Gasteiger partial charge in [0.2, 0.25) is 0 Å². The van der Waals surface area contributed by atoms with E-state index in [-0.39, 0.29) is 17.5 Å². The van der Waals surface area contributed by atoms with E-state index in [1.807, 2.05) is 6.92 Å². The minimum atomic E-state index is -0.200. The van der Waals surface area contributed by atoms with E-state index < -0.39 is 0 Å². The minimum absolute atomic E-state index is 0.0418. The Morgan fingerprint density at radius 1 is 1.55 bits per heavy atom. The number of hydrogen-bond donors (Lipinski definition) is 2. The van der Waals surface area contributed by atoms with Crippen molar-refractivity contribution < 1.29 is 4.79 Å². The van der Waals surface area contributed by atoms with Crippen LogP contribution in [0.1, 0.15) is 33.0 Å². The molecule has 2 aromatic heterocycles. The maximum absolute atomic E-state index is 12.1. The number of fused-ring (bicyclic) bond motifs is 1. The molecule has 104 valence electrons. The van der Waals surface area contributed by atoms with Crippen LogP contribution in [0, 0.1) is 6.92 Å². The molecule has 7 heteroatoms. The van der Waals surface area contributed by atoms with Crippen LogP contribution in [0.2, 0.25) is 0 Å². The number of amides is 1. The second kappa shape index (κ2) is 5.16. The summed E-state index contributed by atoms with van der Waals surface area (Å²) in [6.07, 6.45) is 2.24. The molecule has 3 rings (SSSR count). The van der Waals surface area contributed by atoms with Crippen molar-refractivity contribution in [2.75, 3.05) is 0 Å². The van der Waals surface area contributed by atoms with E-state index >= 15 is 0 Å². The summed E-state index contributed by atoms with van der Waals surface area (Å²) in [6.45, 7) is 1.82. The number of carbonyl (C=O) groups is 1. The summed E-state index contributed by atoms with van der Waals surface area (Å²) < 4.78 is 0. The highest BCUT2D eigenvalue weighted by atomic mass is 32.1. The first-order valence-electron chi connectivity index (χ1n) is 6.42. The highest BCUT2D eigenvalue weighted by Crippen LogP contribution is 2.19. The number of hydrogen-bond acceptors (Lipinski definition) is 5. The maximum Gasteiger partial charge on any atom is 0.264 e. The number of nitrogens with one attached hydrogen (secondary N) is 2. The summed E-state index contributed by atoms with van der Waals surface area (Å²) >= 11 is 1.34. The zero-order chi connectivity index (χ0) is 14.1. The number of rotatable bonds is 2. The molecule has 0 saturated heterocycles. The van der Waals surface area contributed by atoms with Crippen molar-refractivity contribution in [3.05, 3.63) is 43.8 Å². The fourth-order valence-electron chi connectivity index (χ4n) is 2.43. The van der Waals surface area contributed by atoms with Crippen molar-refractivity contribution in [2.45, 2.75) is 32.2 Å². The molecule has 0 aliphatic heterocycles. The smallest absolute Gasteiger partial charge is 0.264 e. The van der Waals surface area contributed by atoms with Crippen LogP contribution in [0.15, 0.2) is 16.4 Å². The van der Waals surface area contributed by atoms with E-state index in [0.29, 0.717) is 11.3 Å². The fraction of sp³-hybridized carbons (Fsp3) is 0.385. The van der Waals surface area contributed by atoms with Gasteiger partial charge in [-0.3, -0.25) is 9.59 Å². The SMILES string of the molecule is Cc1ncsc1C(=O)NC1CCc2n[nH]c(=O)cc2C1. The Bertz CT molecular complexity index is 706. The average molecular weight is 290 g/mol. The topological polar surface area (TPSA) is 87.7 Å². The average Bonchev–Trinajstić information content (AvgIpc) is 2.84. The van der Waals surface area contributed by atoms with Crippen molar-refractivity contribution in [2.24, 2.45) is 0 Å². The number of aromatic amines is 1. The molecule has 1 aliphatic carbocycles. The van der Waals surface area contributed by atoms with Crippen LogP contribution < -0.4 is 10.9 Å². The van der Waals surface area contributed by atoms with Gasteiger partial charge in [-0.05, 0) is 31.7 Å². The Morgan fingerprint density at radius 2 is 2.40 bits per heavy atom. The lowest BCUT2D eigenvalue weighted by Gasteiger charge is -2.24. The molecule has 20 heavy (non-hydrogen) atoms. The maximum atomic E-state index is 12.1. The third-order valence-corrected chi connectivity index (χ3v) is 4.39. The van der Waals surface area contributed by atoms with E-state index in [2.05, 4.69) is 20.5 Å². The molecule has 0 radical (unpaired) electrons. The van der Waals surface area contributed by atoms with Crippen molar-refractivity contribution >= 4 is 17.2 Å². The number of H-pyrrole nitrogens is 1. The Labute approximate surface area is 119 Å². The van der Waals surface area contributed by atoms with Gasteiger partial charge in [0.15, 0.2) is 0 Å². The van der Waals surface area contributed by atoms with Gasteiger partial charge in [-0.2, -0.15) is 5.10 Å². The summed E-state index contributed by atoms with van der Waals surface area (Å²) in [5, 5.41) is 9.50. The number of aromatic nitrogens is 3. The molecule has 0 spiro atoms. The van der Waals surface area contributed by atoms with E-state index in [0.717, 1.165) is 29.8 Å². The predicted molar refractivity (Wildman–Crippen MR) is 75.0 cm³/mol. The first-order valence-corrected chi connectivity index (χ1v) is 7.30. The van der Waals surface area contributed by atoms with Gasteiger partial charge in [-0.25, -0.2) is 10.1 Å². The Balaban J connectivity index is 1.73. The predicted octanol–water partition coefficient (Wildman–Crippen LogP) is 0.822. The highest BCUT2D eigenvalue weighted by molar-refractivity contribution is 7.11. The molecule has 2 heterocycles. The van der Waals surface area contributed by atoms with Gasteiger partial charge in [-0.15, -0.1) is 11.3 Å². The fourth-order valence-corrected chi connectivity index (χ4v) is 3.14. The van der Waals surface area contributed by atoms with Crippen molar-refractivity contribution in [1.82, 2.24) is 20.5 Å². The molecule has 1 atom stereocenters. The number of nitrogens with zero attached hydrogens (tertiary/aromatic N) is 2. The molecule has 1 aliphatic rings. The number of carbonyl (C=O) groups excluding carboxylic acids is 1. The van der Waals surface area contributed by atoms with Gasteiger partial charge in [-0.1, -0.05) is 0 Å². The summed E-state index contributed by atoms with van der Waals surface area (Å²) in [7, 11) is 0.